The Balaban J connectivity index is 3.01. The van der Waals surface area contributed by atoms with Crippen LogP contribution in [0.5, 0.6) is 0 Å². The predicted molar refractivity (Wildman–Crippen MR) is 48.5 cm³/mol. The summed E-state index contributed by atoms with van der Waals surface area (Å²) in [5.41, 5.74) is 3.08. The minimum absolute atomic E-state index is 0.273. The fourth-order valence-electron chi connectivity index (χ4n) is 0.882. The Labute approximate surface area is 80.8 Å². The SMILES string of the molecule is CONC(=O)c1nccc(Cl)c1C. The molecule has 5 heteroatoms. The third kappa shape index (κ3) is 2.17. The van der Waals surface area contributed by atoms with Gasteiger partial charge in [-0.3, -0.25) is 14.6 Å². The number of aromatic nitrogens is 1. The highest BCUT2D eigenvalue weighted by Gasteiger charge is 2.11. The molecule has 1 aromatic rings. The molecule has 4 nitrogen and oxygen atoms in total. The van der Waals surface area contributed by atoms with Crippen LogP contribution in [0.4, 0.5) is 0 Å². The van der Waals surface area contributed by atoms with Gasteiger partial charge in [0.05, 0.1) is 7.11 Å². The van der Waals surface area contributed by atoms with Gasteiger partial charge in [0.25, 0.3) is 5.91 Å². The first-order valence-corrected chi connectivity index (χ1v) is 3.99. The minimum Gasteiger partial charge on any atom is -0.277 e. The van der Waals surface area contributed by atoms with E-state index in [0.717, 1.165) is 0 Å². The van der Waals surface area contributed by atoms with Crippen molar-refractivity contribution >= 4 is 17.5 Å². The van der Waals surface area contributed by atoms with E-state index in [-0.39, 0.29) is 5.69 Å². The Morgan fingerprint density at radius 2 is 2.38 bits per heavy atom. The number of hydrogen-bond acceptors (Lipinski definition) is 3. The zero-order valence-corrected chi connectivity index (χ0v) is 8.05. The Kier molecular flexibility index (Phi) is 3.22. The molecule has 1 aromatic heterocycles. The van der Waals surface area contributed by atoms with Crippen LogP contribution in [-0.4, -0.2) is 18.0 Å². The molecule has 1 N–H and O–H groups in total. The van der Waals surface area contributed by atoms with Crippen LogP contribution in [0.25, 0.3) is 0 Å². The molecule has 70 valence electrons. The van der Waals surface area contributed by atoms with E-state index >= 15 is 0 Å². The number of halogens is 1. The second kappa shape index (κ2) is 4.20. The number of amides is 1. The zero-order valence-electron chi connectivity index (χ0n) is 7.30. The zero-order chi connectivity index (χ0) is 9.84. The van der Waals surface area contributed by atoms with Crippen LogP contribution in [0.2, 0.25) is 5.02 Å². The van der Waals surface area contributed by atoms with Crippen LogP contribution in [-0.2, 0) is 4.84 Å². The fourth-order valence-corrected chi connectivity index (χ4v) is 1.03. The summed E-state index contributed by atoms with van der Waals surface area (Å²) in [6.45, 7) is 1.72. The lowest BCUT2D eigenvalue weighted by atomic mass is 10.2. The van der Waals surface area contributed by atoms with Gasteiger partial charge in [0, 0.05) is 11.2 Å². The summed E-state index contributed by atoms with van der Waals surface area (Å²) in [4.78, 5) is 19.6. The van der Waals surface area contributed by atoms with Gasteiger partial charge in [-0.2, -0.15) is 0 Å². The van der Waals surface area contributed by atoms with E-state index in [4.69, 9.17) is 11.6 Å². The summed E-state index contributed by atoms with van der Waals surface area (Å²) in [5, 5.41) is 0.510. The summed E-state index contributed by atoms with van der Waals surface area (Å²) in [5.74, 6) is -0.400. The van der Waals surface area contributed by atoms with Gasteiger partial charge in [-0.1, -0.05) is 11.6 Å². The van der Waals surface area contributed by atoms with Crippen LogP contribution < -0.4 is 5.48 Å². The van der Waals surface area contributed by atoms with Gasteiger partial charge in [0.2, 0.25) is 0 Å². The molecule has 0 aliphatic heterocycles. The standard InChI is InChI=1S/C8H9ClN2O2/c1-5-6(9)3-4-10-7(5)8(12)11-13-2/h3-4H,1-2H3,(H,11,12). The molecule has 0 aromatic carbocycles. The Morgan fingerprint density at radius 1 is 1.69 bits per heavy atom. The highest BCUT2D eigenvalue weighted by molar-refractivity contribution is 6.31. The van der Waals surface area contributed by atoms with Crippen LogP contribution in [0.3, 0.4) is 0 Å². The van der Waals surface area contributed by atoms with Crippen molar-refractivity contribution in [2.24, 2.45) is 0 Å². The lowest BCUT2D eigenvalue weighted by molar-refractivity contribution is 0.0531. The molecule has 1 rings (SSSR count). The largest absolute Gasteiger partial charge is 0.293 e. The van der Waals surface area contributed by atoms with Gasteiger partial charge in [-0.25, -0.2) is 5.48 Å². The number of hydrogen-bond donors (Lipinski definition) is 1. The van der Waals surface area contributed by atoms with Crippen molar-refractivity contribution in [3.05, 3.63) is 28.5 Å². The van der Waals surface area contributed by atoms with E-state index in [9.17, 15) is 4.79 Å². The highest BCUT2D eigenvalue weighted by atomic mass is 35.5. The van der Waals surface area contributed by atoms with Gasteiger partial charge in [-0.15, -0.1) is 0 Å². The fraction of sp³-hybridized carbons (Fsp3) is 0.250. The van der Waals surface area contributed by atoms with Crippen LogP contribution >= 0.6 is 11.6 Å². The molecular weight excluding hydrogens is 192 g/mol. The van der Waals surface area contributed by atoms with E-state index < -0.39 is 5.91 Å². The lowest BCUT2D eigenvalue weighted by Crippen LogP contribution is -2.23. The number of nitrogens with one attached hydrogen (secondary N) is 1. The van der Waals surface area contributed by atoms with Crippen molar-refractivity contribution in [1.29, 1.82) is 0 Å². The summed E-state index contributed by atoms with van der Waals surface area (Å²) in [6.07, 6.45) is 1.47. The van der Waals surface area contributed by atoms with Gasteiger partial charge in [-0.05, 0) is 18.6 Å². The molecule has 0 saturated carbocycles. The molecule has 1 heterocycles. The smallest absolute Gasteiger partial charge is 0.277 e. The molecule has 0 unspecified atom stereocenters. The first-order chi connectivity index (χ1) is 6.16. The summed E-state index contributed by atoms with van der Waals surface area (Å²) >= 11 is 5.80. The molecular formula is C8H9ClN2O2. The number of carbonyl (C=O) groups is 1. The number of nitrogens with zero attached hydrogens (tertiary/aromatic N) is 1. The molecule has 0 bridgehead atoms. The highest BCUT2D eigenvalue weighted by Crippen LogP contribution is 2.16. The van der Waals surface area contributed by atoms with Crippen molar-refractivity contribution in [2.45, 2.75) is 6.92 Å². The molecule has 0 fully saturated rings. The van der Waals surface area contributed by atoms with Gasteiger partial charge in [0.15, 0.2) is 0 Å². The summed E-state index contributed by atoms with van der Waals surface area (Å²) in [6, 6.07) is 1.63. The Bertz CT molecular complexity index is 328. The molecule has 0 aliphatic carbocycles. The second-order valence-electron chi connectivity index (χ2n) is 2.40. The molecule has 0 spiro atoms. The maximum atomic E-state index is 11.3. The molecule has 0 aliphatic rings. The number of pyridine rings is 1. The maximum Gasteiger partial charge on any atom is 0.293 e. The average molecular weight is 201 g/mol. The quantitative estimate of drug-likeness (QED) is 0.733. The molecule has 0 atom stereocenters. The summed E-state index contributed by atoms with van der Waals surface area (Å²) < 4.78 is 0. The number of carbonyl (C=O) groups excluding carboxylic acids is 1. The van der Waals surface area contributed by atoms with Crippen molar-refractivity contribution < 1.29 is 9.63 Å². The van der Waals surface area contributed by atoms with Crippen LogP contribution in [0.1, 0.15) is 16.1 Å². The van der Waals surface area contributed by atoms with Crippen molar-refractivity contribution in [3.8, 4) is 0 Å². The molecule has 0 radical (unpaired) electrons. The van der Waals surface area contributed by atoms with E-state index in [2.05, 4.69) is 15.3 Å². The molecule has 0 saturated heterocycles. The maximum absolute atomic E-state index is 11.3. The lowest BCUT2D eigenvalue weighted by Gasteiger charge is -2.04. The van der Waals surface area contributed by atoms with Crippen molar-refractivity contribution in [3.63, 3.8) is 0 Å². The predicted octanol–water partition coefficient (Wildman–Crippen LogP) is 1.33. The van der Waals surface area contributed by atoms with Gasteiger partial charge in [0.1, 0.15) is 5.69 Å². The monoisotopic (exact) mass is 200 g/mol. The van der Waals surface area contributed by atoms with Crippen LogP contribution in [0.15, 0.2) is 12.3 Å². The third-order valence-corrected chi connectivity index (χ3v) is 1.96. The minimum atomic E-state index is -0.400. The van der Waals surface area contributed by atoms with E-state index in [1.165, 1.54) is 13.3 Å². The molecule has 13 heavy (non-hydrogen) atoms. The second-order valence-corrected chi connectivity index (χ2v) is 2.81. The summed E-state index contributed by atoms with van der Waals surface area (Å²) in [7, 11) is 1.36. The first kappa shape index (κ1) is 9.95. The van der Waals surface area contributed by atoms with Gasteiger partial charge < -0.3 is 0 Å². The average Bonchev–Trinajstić information content (AvgIpc) is 2.10. The molecule has 1 amide bonds. The Morgan fingerprint density at radius 3 is 3.00 bits per heavy atom. The van der Waals surface area contributed by atoms with E-state index in [1.54, 1.807) is 13.0 Å². The van der Waals surface area contributed by atoms with E-state index in [1.807, 2.05) is 0 Å². The van der Waals surface area contributed by atoms with E-state index in [0.29, 0.717) is 10.6 Å². The number of hydroxylamine groups is 1. The topological polar surface area (TPSA) is 51.2 Å². The van der Waals surface area contributed by atoms with Crippen molar-refractivity contribution in [2.75, 3.05) is 7.11 Å². The van der Waals surface area contributed by atoms with Crippen LogP contribution in [0, 0.1) is 6.92 Å². The number of rotatable bonds is 2. The first-order valence-electron chi connectivity index (χ1n) is 3.61. The Hall–Kier alpha value is -1.13. The van der Waals surface area contributed by atoms with Crippen molar-refractivity contribution in [1.82, 2.24) is 10.5 Å². The third-order valence-electron chi connectivity index (χ3n) is 1.55. The normalized spacial score (nSPS) is 9.77. The van der Waals surface area contributed by atoms with Gasteiger partial charge >= 0.3 is 0 Å².